The predicted octanol–water partition coefficient (Wildman–Crippen LogP) is 5.21. The van der Waals surface area contributed by atoms with E-state index in [1.807, 2.05) is 0 Å². The Kier molecular flexibility index (Phi) is 5.32. The molecule has 4 nitrogen and oxygen atoms in total. The van der Waals surface area contributed by atoms with Crippen LogP contribution in [0.25, 0.3) is 21.8 Å². The Balaban J connectivity index is 1.55. The van der Waals surface area contributed by atoms with E-state index in [0.717, 1.165) is 11.0 Å². The maximum atomic E-state index is 3.48. The van der Waals surface area contributed by atoms with Crippen LogP contribution in [-0.2, 0) is 6.54 Å². The van der Waals surface area contributed by atoms with Crippen molar-refractivity contribution in [2.24, 2.45) is 0 Å². The average Bonchev–Trinajstić information content (AvgIpc) is 3.40. The van der Waals surface area contributed by atoms with E-state index in [1.54, 1.807) is 0 Å². The fourth-order valence-electron chi connectivity index (χ4n) is 4.73. The number of nitrogens with zero attached hydrogens (tertiary/aromatic N) is 2. The van der Waals surface area contributed by atoms with Crippen molar-refractivity contribution in [1.29, 1.82) is 0 Å². The van der Waals surface area contributed by atoms with E-state index in [2.05, 4.69) is 121 Å². The van der Waals surface area contributed by atoms with E-state index in [1.165, 1.54) is 51.5 Å². The molecule has 0 aliphatic heterocycles. The predicted molar refractivity (Wildman–Crippen MR) is 132 cm³/mol. The highest BCUT2D eigenvalue weighted by atomic mass is 15.3. The van der Waals surface area contributed by atoms with Gasteiger partial charge in [0.05, 0.1) is 34.1 Å². The smallest absolute Gasteiger partial charge is 0.169 e. The molecule has 0 saturated heterocycles. The first kappa shape index (κ1) is 20.5. The Labute approximate surface area is 189 Å². The number of benzene rings is 2. The van der Waals surface area contributed by atoms with Gasteiger partial charge in [0.15, 0.2) is 18.9 Å². The molecule has 3 aromatic heterocycles. The number of aromatic amines is 2. The average molecular weight is 425 g/mol. The SMILES string of the molecule is C[N+](C)(C)CCC[n+]1ccc(C(c2c[nH]c3ccccc23)c2c[nH]c3ccccc23)cc1. The molecule has 5 rings (SSSR count). The molecule has 32 heavy (non-hydrogen) atoms. The first-order valence-corrected chi connectivity index (χ1v) is 11.4. The summed E-state index contributed by atoms with van der Waals surface area (Å²) in [5, 5.41) is 2.56. The van der Waals surface area contributed by atoms with Gasteiger partial charge in [-0.15, -0.1) is 0 Å². The molecular weight excluding hydrogens is 392 g/mol. The maximum absolute atomic E-state index is 3.48. The van der Waals surface area contributed by atoms with E-state index in [4.69, 9.17) is 0 Å². The van der Waals surface area contributed by atoms with Gasteiger partial charge in [-0.3, -0.25) is 0 Å². The van der Waals surface area contributed by atoms with Crippen LogP contribution in [0, 0.1) is 0 Å². The molecule has 0 fully saturated rings. The number of quaternary nitrogens is 1. The lowest BCUT2D eigenvalue weighted by molar-refractivity contribution is -0.873. The molecule has 0 aliphatic carbocycles. The van der Waals surface area contributed by atoms with Crippen LogP contribution in [0.2, 0.25) is 0 Å². The van der Waals surface area contributed by atoms with Crippen LogP contribution >= 0.6 is 0 Å². The Hall–Kier alpha value is -3.37. The summed E-state index contributed by atoms with van der Waals surface area (Å²) in [5.74, 6) is 0.156. The number of nitrogens with one attached hydrogen (secondary N) is 2. The van der Waals surface area contributed by atoms with Crippen LogP contribution in [0.15, 0.2) is 85.5 Å². The van der Waals surface area contributed by atoms with Crippen LogP contribution in [0.4, 0.5) is 0 Å². The van der Waals surface area contributed by atoms with E-state index >= 15 is 0 Å². The zero-order valence-corrected chi connectivity index (χ0v) is 19.2. The summed E-state index contributed by atoms with van der Waals surface area (Å²) in [7, 11) is 6.75. The monoisotopic (exact) mass is 424 g/mol. The molecule has 5 aromatic rings. The number of hydrogen-bond acceptors (Lipinski definition) is 0. The third-order valence-electron chi connectivity index (χ3n) is 6.36. The molecule has 0 unspecified atom stereocenters. The van der Waals surface area contributed by atoms with Gasteiger partial charge in [0, 0.05) is 52.3 Å². The number of H-pyrrole nitrogens is 2. The van der Waals surface area contributed by atoms with Crippen LogP contribution in [0.5, 0.6) is 0 Å². The Morgan fingerprint density at radius 1 is 0.750 bits per heavy atom. The van der Waals surface area contributed by atoms with Gasteiger partial charge in [-0.25, -0.2) is 4.57 Å². The summed E-state index contributed by atoms with van der Waals surface area (Å²) >= 11 is 0. The molecule has 0 amide bonds. The van der Waals surface area contributed by atoms with Crippen molar-refractivity contribution in [2.75, 3.05) is 27.7 Å². The van der Waals surface area contributed by atoms with Gasteiger partial charge in [-0.05, 0) is 28.8 Å². The fourth-order valence-corrected chi connectivity index (χ4v) is 4.73. The summed E-state index contributed by atoms with van der Waals surface area (Å²) in [5.41, 5.74) is 6.29. The molecule has 0 radical (unpaired) electrons. The first-order valence-electron chi connectivity index (χ1n) is 11.4. The van der Waals surface area contributed by atoms with E-state index in [0.29, 0.717) is 0 Å². The topological polar surface area (TPSA) is 35.5 Å². The lowest BCUT2D eigenvalue weighted by atomic mass is 9.85. The van der Waals surface area contributed by atoms with E-state index in [9.17, 15) is 0 Å². The Morgan fingerprint density at radius 2 is 1.28 bits per heavy atom. The first-order chi connectivity index (χ1) is 15.5. The Morgan fingerprint density at radius 3 is 1.81 bits per heavy atom. The molecule has 2 N–H and O–H groups in total. The molecule has 0 atom stereocenters. The molecule has 3 heterocycles. The standard InChI is InChI=1S/C28H32N4/c1-32(2,3)18-8-15-31-16-13-21(14-17-31)28(24-19-29-26-11-6-4-9-22(24)26)25-20-30-27-12-7-5-10-23(25)27/h4-7,9-14,16-17,19-20,28-30H,8,15,18H2,1-3H3/q+2. The molecule has 4 heteroatoms. The highest BCUT2D eigenvalue weighted by molar-refractivity contribution is 5.89. The number of pyridine rings is 1. The maximum Gasteiger partial charge on any atom is 0.169 e. The van der Waals surface area contributed by atoms with Crippen LogP contribution in [0.3, 0.4) is 0 Å². The third kappa shape index (κ3) is 4.06. The van der Waals surface area contributed by atoms with Gasteiger partial charge in [-0.2, -0.15) is 0 Å². The van der Waals surface area contributed by atoms with Crippen LogP contribution < -0.4 is 4.57 Å². The number of rotatable bonds is 7. The minimum absolute atomic E-state index is 0.156. The van der Waals surface area contributed by atoms with Crippen molar-refractivity contribution in [1.82, 2.24) is 9.97 Å². The van der Waals surface area contributed by atoms with Gasteiger partial charge >= 0.3 is 0 Å². The molecule has 0 bridgehead atoms. The van der Waals surface area contributed by atoms with Crippen molar-refractivity contribution in [3.8, 4) is 0 Å². The largest absolute Gasteiger partial charge is 0.361 e. The number of fused-ring (bicyclic) bond motifs is 2. The number of hydrogen-bond donors (Lipinski definition) is 2. The summed E-state index contributed by atoms with van der Waals surface area (Å²) in [4.78, 5) is 6.97. The van der Waals surface area contributed by atoms with Gasteiger partial charge in [0.1, 0.15) is 0 Å². The zero-order chi connectivity index (χ0) is 22.1. The van der Waals surface area contributed by atoms with Crippen LogP contribution in [-0.4, -0.2) is 42.1 Å². The molecule has 0 aliphatic rings. The summed E-state index contributed by atoms with van der Waals surface area (Å²) < 4.78 is 3.31. The highest BCUT2D eigenvalue weighted by Crippen LogP contribution is 2.38. The zero-order valence-electron chi connectivity index (χ0n) is 19.2. The van der Waals surface area contributed by atoms with Crippen LogP contribution in [0.1, 0.15) is 29.0 Å². The quantitative estimate of drug-likeness (QED) is 0.266. The van der Waals surface area contributed by atoms with Gasteiger partial charge < -0.3 is 14.5 Å². The summed E-state index contributed by atoms with van der Waals surface area (Å²) in [6.07, 6.45) is 10.0. The second-order valence-electron chi connectivity index (χ2n) is 9.75. The second-order valence-corrected chi connectivity index (χ2v) is 9.75. The van der Waals surface area contributed by atoms with Crippen molar-refractivity contribution in [2.45, 2.75) is 18.9 Å². The summed E-state index contributed by atoms with van der Waals surface area (Å²) in [6, 6.07) is 21.7. The molecular formula is C28H32N4+2. The normalized spacial score (nSPS) is 12.2. The van der Waals surface area contributed by atoms with Gasteiger partial charge in [0.25, 0.3) is 0 Å². The minimum atomic E-state index is 0.156. The van der Waals surface area contributed by atoms with Gasteiger partial charge in [-0.1, -0.05) is 36.4 Å². The van der Waals surface area contributed by atoms with Crippen molar-refractivity contribution in [3.63, 3.8) is 0 Å². The molecule has 0 spiro atoms. The lowest BCUT2D eigenvalue weighted by Crippen LogP contribution is -2.39. The van der Waals surface area contributed by atoms with E-state index < -0.39 is 0 Å². The lowest BCUT2D eigenvalue weighted by Gasteiger charge is -2.22. The Bertz CT molecular complexity index is 1260. The number of para-hydroxylation sites is 2. The van der Waals surface area contributed by atoms with Crippen molar-refractivity contribution >= 4 is 21.8 Å². The second kappa shape index (κ2) is 8.29. The number of aromatic nitrogens is 3. The highest BCUT2D eigenvalue weighted by Gasteiger charge is 2.24. The van der Waals surface area contributed by atoms with Crippen molar-refractivity contribution in [3.05, 3.63) is 102 Å². The van der Waals surface area contributed by atoms with Crippen molar-refractivity contribution < 1.29 is 9.05 Å². The fraction of sp³-hybridized carbons (Fsp3) is 0.250. The minimum Gasteiger partial charge on any atom is -0.361 e. The third-order valence-corrected chi connectivity index (χ3v) is 6.36. The van der Waals surface area contributed by atoms with E-state index in [-0.39, 0.29) is 5.92 Å². The molecule has 0 saturated carbocycles. The van der Waals surface area contributed by atoms with Gasteiger partial charge in [0.2, 0.25) is 0 Å². The molecule has 162 valence electrons. The molecule has 2 aromatic carbocycles. The number of aryl methyl sites for hydroxylation is 1. The summed E-state index contributed by atoms with van der Waals surface area (Å²) in [6.45, 7) is 2.21.